The van der Waals surface area contributed by atoms with Crippen LogP contribution in [0, 0.1) is 5.92 Å². The van der Waals surface area contributed by atoms with E-state index in [1.807, 2.05) is 30.1 Å². The third-order valence-corrected chi connectivity index (χ3v) is 3.54. The highest BCUT2D eigenvalue weighted by Gasteiger charge is 2.12. The van der Waals surface area contributed by atoms with Gasteiger partial charge in [0.25, 0.3) is 0 Å². The smallest absolute Gasteiger partial charge is 0.239 e. The first-order valence-electron chi connectivity index (χ1n) is 6.41. The number of rotatable bonds is 6. The molecule has 0 spiro atoms. The van der Waals surface area contributed by atoms with Gasteiger partial charge in [-0.2, -0.15) is 0 Å². The number of carbonyl (C=O) groups is 1. The number of anilines is 1. The molecule has 0 fully saturated rings. The van der Waals surface area contributed by atoms with E-state index in [4.69, 9.17) is 5.73 Å². The van der Waals surface area contributed by atoms with E-state index in [1.165, 1.54) is 0 Å². The molecule has 1 aromatic carbocycles. The van der Waals surface area contributed by atoms with Gasteiger partial charge in [-0.25, -0.2) is 0 Å². The lowest BCUT2D eigenvalue weighted by Crippen LogP contribution is -2.37. The Bertz CT molecular complexity index is 435. The summed E-state index contributed by atoms with van der Waals surface area (Å²) < 4.78 is 0.974. The summed E-state index contributed by atoms with van der Waals surface area (Å²) in [6, 6.07) is 5.88. The van der Waals surface area contributed by atoms with Crippen molar-refractivity contribution in [3.8, 4) is 0 Å². The van der Waals surface area contributed by atoms with E-state index in [2.05, 4.69) is 35.1 Å². The summed E-state index contributed by atoms with van der Waals surface area (Å²) in [5.41, 5.74) is 7.76. The van der Waals surface area contributed by atoms with Gasteiger partial charge in [0, 0.05) is 35.9 Å². The molecule has 0 aliphatic rings. The van der Waals surface area contributed by atoms with Crippen molar-refractivity contribution in [3.63, 3.8) is 0 Å². The van der Waals surface area contributed by atoms with Crippen LogP contribution >= 0.6 is 15.9 Å². The van der Waals surface area contributed by atoms with Gasteiger partial charge in [0.15, 0.2) is 0 Å². The second-order valence-electron chi connectivity index (χ2n) is 5.00. The molecule has 106 valence electrons. The van der Waals surface area contributed by atoms with Crippen LogP contribution < -0.4 is 16.0 Å². The lowest BCUT2D eigenvalue weighted by molar-refractivity contribution is -0.119. The molecule has 1 amide bonds. The molecule has 0 aromatic heterocycles. The topological polar surface area (TPSA) is 58.4 Å². The normalized spacial score (nSPS) is 10.6. The van der Waals surface area contributed by atoms with E-state index in [1.54, 1.807) is 0 Å². The maximum Gasteiger partial charge on any atom is 0.239 e. The highest BCUT2D eigenvalue weighted by atomic mass is 79.9. The Morgan fingerprint density at radius 2 is 2.16 bits per heavy atom. The van der Waals surface area contributed by atoms with Crippen LogP contribution in [0.15, 0.2) is 22.7 Å². The van der Waals surface area contributed by atoms with Crippen molar-refractivity contribution in [3.05, 3.63) is 28.2 Å². The Morgan fingerprint density at radius 3 is 2.74 bits per heavy atom. The summed E-state index contributed by atoms with van der Waals surface area (Å²) in [5, 5.41) is 2.91. The molecule has 4 nitrogen and oxygen atoms in total. The van der Waals surface area contributed by atoms with Gasteiger partial charge in [-0.05, 0) is 18.1 Å². The monoisotopic (exact) mass is 327 g/mol. The first kappa shape index (κ1) is 16.0. The summed E-state index contributed by atoms with van der Waals surface area (Å²) in [4.78, 5) is 13.7. The minimum absolute atomic E-state index is 0.0270. The Morgan fingerprint density at radius 1 is 1.47 bits per heavy atom. The van der Waals surface area contributed by atoms with Crippen LogP contribution in [0.4, 0.5) is 5.69 Å². The third-order valence-electron chi connectivity index (χ3n) is 2.80. The molecule has 0 saturated carbocycles. The molecule has 0 unspecified atom stereocenters. The number of halogens is 1. The van der Waals surface area contributed by atoms with Crippen molar-refractivity contribution in [2.24, 2.45) is 11.7 Å². The van der Waals surface area contributed by atoms with E-state index in [0.29, 0.717) is 25.6 Å². The van der Waals surface area contributed by atoms with Crippen LogP contribution in [-0.4, -0.2) is 26.0 Å². The summed E-state index contributed by atoms with van der Waals surface area (Å²) in [7, 11) is 1.90. The Kier molecular flexibility index (Phi) is 6.31. The lowest BCUT2D eigenvalue weighted by atomic mass is 10.1. The van der Waals surface area contributed by atoms with E-state index in [-0.39, 0.29) is 5.91 Å². The van der Waals surface area contributed by atoms with Crippen LogP contribution in [0.5, 0.6) is 0 Å². The Labute approximate surface area is 123 Å². The van der Waals surface area contributed by atoms with Gasteiger partial charge in [-0.15, -0.1) is 0 Å². The average molecular weight is 328 g/mol. The minimum atomic E-state index is 0.0270. The lowest BCUT2D eigenvalue weighted by Gasteiger charge is -2.22. The van der Waals surface area contributed by atoms with Crippen molar-refractivity contribution < 1.29 is 4.79 Å². The Balaban J connectivity index is 2.70. The fraction of sp³-hybridized carbons (Fsp3) is 0.500. The van der Waals surface area contributed by atoms with Crippen molar-refractivity contribution in [2.75, 3.05) is 25.0 Å². The molecule has 0 saturated heterocycles. The number of nitrogens with two attached hydrogens (primary N) is 1. The van der Waals surface area contributed by atoms with Gasteiger partial charge in [-0.3, -0.25) is 4.79 Å². The molecule has 0 bridgehead atoms. The van der Waals surface area contributed by atoms with Gasteiger partial charge in [-0.1, -0.05) is 35.8 Å². The predicted octanol–water partition coefficient (Wildman–Crippen LogP) is 2.12. The van der Waals surface area contributed by atoms with Crippen molar-refractivity contribution >= 4 is 27.5 Å². The van der Waals surface area contributed by atoms with Gasteiger partial charge in [0.05, 0.1) is 6.54 Å². The molecule has 19 heavy (non-hydrogen) atoms. The van der Waals surface area contributed by atoms with Crippen molar-refractivity contribution in [1.29, 1.82) is 0 Å². The van der Waals surface area contributed by atoms with E-state index >= 15 is 0 Å². The van der Waals surface area contributed by atoms with Gasteiger partial charge < -0.3 is 16.0 Å². The number of amides is 1. The molecule has 1 rings (SSSR count). The average Bonchev–Trinajstić information content (AvgIpc) is 2.36. The quantitative estimate of drug-likeness (QED) is 0.841. The molecule has 0 aliphatic carbocycles. The maximum atomic E-state index is 11.8. The molecule has 1 aromatic rings. The highest BCUT2D eigenvalue weighted by Crippen LogP contribution is 2.26. The molecule has 0 aliphatic heterocycles. The number of likely N-dealkylation sites (N-methyl/N-ethyl adjacent to an activating group) is 1. The molecule has 0 radical (unpaired) electrons. The van der Waals surface area contributed by atoms with E-state index in [0.717, 1.165) is 15.7 Å². The second kappa shape index (κ2) is 7.50. The fourth-order valence-electron chi connectivity index (χ4n) is 1.78. The summed E-state index contributed by atoms with van der Waals surface area (Å²) in [5.74, 6) is 0.485. The van der Waals surface area contributed by atoms with Crippen LogP contribution in [0.1, 0.15) is 19.4 Å². The van der Waals surface area contributed by atoms with Crippen LogP contribution in [0.2, 0.25) is 0 Å². The standard InChI is InChI=1S/C14H22BrN3O/c1-10(2)8-17-14(19)9-18(3)13-6-4-5-12(15)11(13)7-16/h4-6,10H,7-9,16H2,1-3H3,(H,17,19). The Hall–Kier alpha value is -1.07. The first-order chi connectivity index (χ1) is 8.95. The molecular weight excluding hydrogens is 306 g/mol. The van der Waals surface area contributed by atoms with Gasteiger partial charge in [0.2, 0.25) is 5.91 Å². The van der Waals surface area contributed by atoms with Gasteiger partial charge >= 0.3 is 0 Å². The molecular formula is C14H22BrN3O. The first-order valence-corrected chi connectivity index (χ1v) is 7.20. The van der Waals surface area contributed by atoms with Gasteiger partial charge in [0.1, 0.15) is 0 Å². The van der Waals surface area contributed by atoms with Crippen LogP contribution in [-0.2, 0) is 11.3 Å². The maximum absolute atomic E-state index is 11.8. The highest BCUT2D eigenvalue weighted by molar-refractivity contribution is 9.10. The number of benzene rings is 1. The molecule has 5 heteroatoms. The predicted molar refractivity (Wildman–Crippen MR) is 83.2 cm³/mol. The minimum Gasteiger partial charge on any atom is -0.365 e. The van der Waals surface area contributed by atoms with Crippen molar-refractivity contribution in [1.82, 2.24) is 5.32 Å². The zero-order valence-electron chi connectivity index (χ0n) is 11.7. The zero-order valence-corrected chi connectivity index (χ0v) is 13.3. The SMILES string of the molecule is CC(C)CNC(=O)CN(C)c1cccc(Br)c1CN. The summed E-state index contributed by atoms with van der Waals surface area (Å²) in [6.07, 6.45) is 0. The van der Waals surface area contributed by atoms with Crippen LogP contribution in [0.3, 0.4) is 0 Å². The molecule has 3 N–H and O–H groups in total. The summed E-state index contributed by atoms with van der Waals surface area (Å²) >= 11 is 3.48. The second-order valence-corrected chi connectivity index (χ2v) is 5.85. The van der Waals surface area contributed by atoms with Crippen molar-refractivity contribution in [2.45, 2.75) is 20.4 Å². The fourth-order valence-corrected chi connectivity index (χ4v) is 2.30. The number of nitrogens with zero attached hydrogens (tertiary/aromatic N) is 1. The third kappa shape index (κ3) is 4.84. The number of carbonyl (C=O) groups excluding carboxylic acids is 1. The van der Waals surface area contributed by atoms with E-state index < -0.39 is 0 Å². The zero-order chi connectivity index (χ0) is 14.4. The number of nitrogens with one attached hydrogen (secondary N) is 1. The van der Waals surface area contributed by atoms with E-state index in [9.17, 15) is 4.79 Å². The number of hydrogen-bond acceptors (Lipinski definition) is 3. The summed E-state index contributed by atoms with van der Waals surface area (Å²) in [6.45, 7) is 5.62. The largest absolute Gasteiger partial charge is 0.365 e. The molecule has 0 heterocycles. The number of hydrogen-bond donors (Lipinski definition) is 2. The van der Waals surface area contributed by atoms with Crippen LogP contribution in [0.25, 0.3) is 0 Å². The molecule has 0 atom stereocenters.